The standard InChI is InChI=1S/C38H38N10O7S2.C7H8O3S/c1-3-46-18-19-47(34(52)33(46)51)37(54)41-27(22-14-16-26(39)17-15-22)31(49)40-28-32(50)48-29(25(20-56-35(28)48)21-57-38-42-43-44-45(38)2)36(53)55-30(23-10-6-4-7-11-23)24-12-8-5-9-13-24;1-6-2-4-7(5-3-6)11(8,9)10/h4-17,27-28,30,35H,3,18-21,39H2,1-2H3,(H,40,49)(H,41,54);2-5H,1H3,(H,8,9,10)/t27-,28-,35-;/m1./s1. The highest BCUT2D eigenvalue weighted by atomic mass is 32.2. The van der Waals surface area contributed by atoms with Crippen molar-refractivity contribution in [3.8, 4) is 0 Å². The molecule has 3 aliphatic heterocycles. The third-order valence-corrected chi connectivity index (χ3v) is 14.3. The molecule has 5 aromatic rings. The van der Waals surface area contributed by atoms with Crippen LogP contribution in [-0.4, -0.2) is 126 Å². The summed E-state index contributed by atoms with van der Waals surface area (Å²) in [6.07, 6.45) is -0.791. The number of nitrogens with one attached hydrogen (secondary N) is 2. The third kappa shape index (κ3) is 11.0. The van der Waals surface area contributed by atoms with E-state index in [9.17, 15) is 37.2 Å². The van der Waals surface area contributed by atoms with E-state index in [0.717, 1.165) is 21.6 Å². The number of thioether (sulfide) groups is 2. The van der Waals surface area contributed by atoms with E-state index in [1.54, 1.807) is 38.2 Å². The van der Waals surface area contributed by atoms with Gasteiger partial charge in [0.05, 0.1) is 4.90 Å². The molecular weight excluding hydrogens is 937 g/mol. The molecule has 354 valence electrons. The number of nitrogen functional groups attached to an aromatic ring is 1. The van der Waals surface area contributed by atoms with Crippen molar-refractivity contribution in [2.45, 2.75) is 47.5 Å². The van der Waals surface area contributed by atoms with E-state index in [2.05, 4.69) is 26.2 Å². The zero-order valence-electron chi connectivity index (χ0n) is 36.8. The number of piperazine rings is 1. The topological polar surface area (TPSA) is 269 Å². The molecule has 6 amide bonds. The molecule has 0 radical (unpaired) electrons. The second-order valence-corrected chi connectivity index (χ2v) is 19.0. The summed E-state index contributed by atoms with van der Waals surface area (Å²) in [5.74, 6) is -3.31. The second-order valence-electron chi connectivity index (χ2n) is 15.5. The minimum absolute atomic E-state index is 0.0616. The van der Waals surface area contributed by atoms with Gasteiger partial charge in [0, 0.05) is 43.9 Å². The first-order valence-corrected chi connectivity index (χ1v) is 24.5. The maximum Gasteiger partial charge on any atom is 0.356 e. The first kappa shape index (κ1) is 48.8. The molecule has 3 atom stereocenters. The van der Waals surface area contributed by atoms with Crippen LogP contribution in [0.4, 0.5) is 10.5 Å². The Morgan fingerprint density at radius 2 is 1.53 bits per heavy atom. The third-order valence-electron chi connectivity index (χ3n) is 11.0. The lowest BCUT2D eigenvalue weighted by atomic mass is 10.00. The lowest BCUT2D eigenvalue weighted by molar-refractivity contribution is -0.155. The zero-order valence-corrected chi connectivity index (χ0v) is 39.2. The summed E-state index contributed by atoms with van der Waals surface area (Å²) in [6, 6.07) is 27.2. The average molecular weight is 983 g/mol. The number of urea groups is 1. The van der Waals surface area contributed by atoms with Crippen LogP contribution >= 0.6 is 23.5 Å². The van der Waals surface area contributed by atoms with Gasteiger partial charge in [-0.15, -0.1) is 16.9 Å². The number of likely N-dealkylation sites (N-methyl/N-ethyl adjacent to an activating group) is 1. The van der Waals surface area contributed by atoms with Crippen LogP contribution in [0.1, 0.15) is 41.3 Å². The van der Waals surface area contributed by atoms with Crippen LogP contribution in [0, 0.1) is 6.92 Å². The minimum Gasteiger partial charge on any atom is -0.448 e. The van der Waals surface area contributed by atoms with Crippen molar-refractivity contribution < 1.29 is 46.5 Å². The molecule has 23 heteroatoms. The van der Waals surface area contributed by atoms with Crippen LogP contribution in [0.3, 0.4) is 0 Å². The number of esters is 1. The number of β-lactam (4-membered cyclic amide) rings is 1. The Morgan fingerprint density at radius 1 is 0.897 bits per heavy atom. The minimum atomic E-state index is -4.02. The van der Waals surface area contributed by atoms with E-state index in [4.69, 9.17) is 15.0 Å². The van der Waals surface area contributed by atoms with Gasteiger partial charge in [-0.25, -0.2) is 14.3 Å². The number of imide groups is 1. The van der Waals surface area contributed by atoms with Crippen molar-refractivity contribution in [3.05, 3.63) is 143 Å². The van der Waals surface area contributed by atoms with Gasteiger partial charge in [-0.1, -0.05) is 102 Å². The van der Waals surface area contributed by atoms with Gasteiger partial charge < -0.3 is 26.0 Å². The molecule has 0 unspecified atom stereocenters. The molecule has 3 aliphatic rings. The maximum atomic E-state index is 14.4. The van der Waals surface area contributed by atoms with Gasteiger partial charge in [0.1, 0.15) is 23.2 Å². The number of fused-ring (bicyclic) bond motifs is 1. The summed E-state index contributed by atoms with van der Waals surface area (Å²) in [4.78, 5) is 84.8. The van der Waals surface area contributed by atoms with Crippen LogP contribution in [-0.2, 0) is 45.9 Å². The van der Waals surface area contributed by atoms with Gasteiger partial charge >= 0.3 is 23.8 Å². The van der Waals surface area contributed by atoms with Crippen LogP contribution in [0.5, 0.6) is 0 Å². The number of nitrogens with zero attached hydrogens (tertiary/aromatic N) is 7. The zero-order chi connectivity index (χ0) is 48.7. The molecule has 0 saturated carbocycles. The molecule has 8 rings (SSSR count). The lowest BCUT2D eigenvalue weighted by Gasteiger charge is -2.50. The summed E-state index contributed by atoms with van der Waals surface area (Å²) in [6.45, 7) is 3.94. The number of aromatic nitrogens is 4. The summed E-state index contributed by atoms with van der Waals surface area (Å²) >= 11 is 2.65. The predicted octanol–water partition coefficient (Wildman–Crippen LogP) is 3.25. The molecular formula is C45H46N10O10S3. The Morgan fingerprint density at radius 3 is 2.10 bits per heavy atom. The number of tetrazole rings is 1. The Kier molecular flexibility index (Phi) is 15.3. The molecule has 5 N–H and O–H groups in total. The number of rotatable bonds is 13. The van der Waals surface area contributed by atoms with E-state index >= 15 is 0 Å². The number of nitrogens with two attached hydrogens (primary N) is 1. The Balaban J connectivity index is 0.000000548. The fourth-order valence-electron chi connectivity index (χ4n) is 7.33. The van der Waals surface area contributed by atoms with Crippen molar-refractivity contribution in [1.29, 1.82) is 0 Å². The van der Waals surface area contributed by atoms with Crippen molar-refractivity contribution in [1.82, 2.24) is 45.5 Å². The highest BCUT2D eigenvalue weighted by Gasteiger charge is 2.55. The summed E-state index contributed by atoms with van der Waals surface area (Å²) in [5.41, 5.74) is 9.71. The number of carbonyl (C=O) groups is 6. The van der Waals surface area contributed by atoms with Crippen LogP contribution in [0.25, 0.3) is 0 Å². The lowest BCUT2D eigenvalue weighted by Crippen LogP contribution is -2.71. The van der Waals surface area contributed by atoms with Gasteiger partial charge in [0.15, 0.2) is 6.10 Å². The number of hydrogen-bond acceptors (Lipinski definition) is 15. The van der Waals surface area contributed by atoms with Crippen LogP contribution in [0.15, 0.2) is 131 Å². The SMILES string of the molecule is CCN1CCN(C(=O)N[C@@H](C(=O)N[C@@H]2C(=O)N3C(C(=O)OC(c4ccccc4)c4ccccc4)=C(CSc4nnnn4C)CS[C@H]23)c2ccc(N)cc2)C(=O)C1=O.Cc1ccc(S(=O)(=O)O)cc1. The maximum absolute atomic E-state index is 14.4. The smallest absolute Gasteiger partial charge is 0.356 e. The van der Waals surface area contributed by atoms with Crippen LogP contribution < -0.4 is 16.4 Å². The normalized spacial score (nSPS) is 17.4. The molecule has 20 nitrogen and oxygen atoms in total. The van der Waals surface area contributed by atoms with Gasteiger partial charge in [-0.05, 0) is 70.8 Å². The van der Waals surface area contributed by atoms with Gasteiger partial charge in [-0.2, -0.15) is 8.42 Å². The molecule has 0 bridgehead atoms. The molecule has 2 fully saturated rings. The first-order valence-electron chi connectivity index (χ1n) is 21.0. The van der Waals surface area contributed by atoms with E-state index in [0.29, 0.717) is 34.3 Å². The summed E-state index contributed by atoms with van der Waals surface area (Å²) in [5, 5.41) is 16.7. The second kappa shape index (κ2) is 21.3. The Labute approximate surface area is 399 Å². The number of anilines is 1. The summed E-state index contributed by atoms with van der Waals surface area (Å²) < 4.78 is 37.3. The number of ether oxygens (including phenoxy) is 1. The fourth-order valence-corrected chi connectivity index (χ4v) is 10.1. The van der Waals surface area contributed by atoms with E-state index in [-0.39, 0.29) is 29.4 Å². The fraction of sp³-hybridized carbons (Fsp3) is 0.267. The van der Waals surface area contributed by atoms with Crippen molar-refractivity contribution in [3.63, 3.8) is 0 Å². The van der Waals surface area contributed by atoms with Crippen molar-refractivity contribution in [2.24, 2.45) is 7.05 Å². The predicted molar refractivity (Wildman–Crippen MR) is 249 cm³/mol. The Bertz CT molecular complexity index is 2790. The molecule has 4 aromatic carbocycles. The molecule has 0 aliphatic carbocycles. The molecule has 0 spiro atoms. The first-order chi connectivity index (χ1) is 32.5. The van der Waals surface area contributed by atoms with E-state index in [1.807, 2.05) is 67.6 Å². The molecule has 68 heavy (non-hydrogen) atoms. The number of aryl methyl sites for hydroxylation is 2. The largest absolute Gasteiger partial charge is 0.448 e. The number of hydrogen-bond donors (Lipinski definition) is 4. The highest BCUT2D eigenvalue weighted by Crippen LogP contribution is 2.43. The van der Waals surface area contributed by atoms with Crippen molar-refractivity contribution in [2.75, 3.05) is 36.9 Å². The quantitative estimate of drug-likeness (QED) is 0.0329. The highest BCUT2D eigenvalue weighted by molar-refractivity contribution is 8.01. The van der Waals surface area contributed by atoms with Gasteiger partial charge in [0.25, 0.3) is 16.0 Å². The summed E-state index contributed by atoms with van der Waals surface area (Å²) in [7, 11) is -2.33. The number of amides is 6. The van der Waals surface area contributed by atoms with E-state index < -0.39 is 69.3 Å². The number of carbonyl (C=O) groups excluding carboxylic acids is 6. The Hall–Kier alpha value is -7.08. The molecule has 1 aromatic heterocycles. The molecule has 4 heterocycles. The number of benzene rings is 4. The van der Waals surface area contributed by atoms with E-state index in [1.165, 1.54) is 62.3 Å². The monoisotopic (exact) mass is 982 g/mol. The van der Waals surface area contributed by atoms with Crippen LogP contribution in [0.2, 0.25) is 0 Å². The van der Waals surface area contributed by atoms with Gasteiger partial charge in [-0.3, -0.25) is 33.5 Å². The average Bonchev–Trinajstić information content (AvgIpc) is 3.76. The van der Waals surface area contributed by atoms with Crippen molar-refractivity contribution >= 4 is 75.0 Å². The molecule has 2 saturated heterocycles. The van der Waals surface area contributed by atoms with Gasteiger partial charge in [0.2, 0.25) is 11.1 Å².